The van der Waals surface area contributed by atoms with Crippen LogP contribution in [0.1, 0.15) is 61.8 Å². The summed E-state index contributed by atoms with van der Waals surface area (Å²) in [7, 11) is 0. The number of carbonyl (C=O) groups excluding carboxylic acids is 1. The average molecular weight is 282 g/mol. The number of nitrogens with zero attached hydrogens (tertiary/aromatic N) is 1. The summed E-state index contributed by atoms with van der Waals surface area (Å²) in [4.78, 5) is 17.0. The van der Waals surface area contributed by atoms with E-state index in [9.17, 15) is 4.79 Å². The van der Waals surface area contributed by atoms with Gasteiger partial charge in [0.1, 0.15) is 6.61 Å². The van der Waals surface area contributed by atoms with Crippen molar-refractivity contribution in [3.63, 3.8) is 0 Å². The fourth-order valence-electron chi connectivity index (χ4n) is 2.25. The molecule has 0 bridgehead atoms. The topological polar surface area (TPSA) is 51.2 Å². The van der Waals surface area contributed by atoms with Gasteiger partial charge in [-0.3, -0.25) is 0 Å². The lowest BCUT2D eigenvalue weighted by atomic mass is 9.96. The number of alkyl carbamates (subject to hydrolysis) is 1. The number of hydrogen-bond donors (Lipinski definition) is 1. The molecule has 5 heteroatoms. The molecule has 19 heavy (non-hydrogen) atoms. The highest BCUT2D eigenvalue weighted by atomic mass is 32.1. The summed E-state index contributed by atoms with van der Waals surface area (Å²) in [5, 5.41) is 4.03. The predicted octanol–water partition coefficient (Wildman–Crippen LogP) is 3.83. The molecule has 1 aromatic rings. The summed E-state index contributed by atoms with van der Waals surface area (Å²) in [6.07, 6.45) is 7.35. The van der Waals surface area contributed by atoms with E-state index in [1.165, 1.54) is 19.3 Å². The van der Waals surface area contributed by atoms with Crippen molar-refractivity contribution in [2.75, 3.05) is 0 Å². The summed E-state index contributed by atoms with van der Waals surface area (Å²) in [5.74, 6) is 0.426. The van der Waals surface area contributed by atoms with Crippen molar-refractivity contribution >= 4 is 17.4 Å². The molecule has 0 saturated heterocycles. The van der Waals surface area contributed by atoms with E-state index in [0.29, 0.717) is 18.6 Å². The van der Waals surface area contributed by atoms with E-state index in [-0.39, 0.29) is 6.09 Å². The first-order valence-corrected chi connectivity index (χ1v) is 7.84. The molecule has 1 saturated carbocycles. The van der Waals surface area contributed by atoms with E-state index in [1.54, 1.807) is 17.5 Å². The van der Waals surface area contributed by atoms with Crippen molar-refractivity contribution in [1.82, 2.24) is 10.3 Å². The number of aromatic nitrogens is 1. The van der Waals surface area contributed by atoms with Crippen LogP contribution in [0.25, 0.3) is 0 Å². The fourth-order valence-corrected chi connectivity index (χ4v) is 3.08. The number of ether oxygens (including phenoxy) is 1. The lowest BCUT2D eigenvalue weighted by molar-refractivity contribution is 0.134. The second-order valence-corrected chi connectivity index (χ2v) is 6.52. The summed E-state index contributed by atoms with van der Waals surface area (Å²) in [6, 6.07) is 0.300. The number of amides is 1. The van der Waals surface area contributed by atoms with Gasteiger partial charge < -0.3 is 10.1 Å². The SMILES string of the molecule is CC(C)c1ncc(COC(=O)NC2CCCCC2)s1. The van der Waals surface area contributed by atoms with E-state index < -0.39 is 0 Å². The standard InChI is InChI=1S/C14H22N2O2S/c1-10(2)13-15-8-12(19-13)9-18-14(17)16-11-6-4-3-5-7-11/h8,10-11H,3-7,9H2,1-2H3,(H,16,17). The molecule has 0 aliphatic heterocycles. The van der Waals surface area contributed by atoms with Gasteiger partial charge in [-0.25, -0.2) is 9.78 Å². The molecule has 1 aromatic heterocycles. The molecule has 0 spiro atoms. The van der Waals surface area contributed by atoms with Gasteiger partial charge in [0.25, 0.3) is 0 Å². The average Bonchev–Trinajstić information content (AvgIpc) is 2.86. The Hall–Kier alpha value is -1.10. The highest BCUT2D eigenvalue weighted by Crippen LogP contribution is 2.22. The van der Waals surface area contributed by atoms with E-state index in [2.05, 4.69) is 24.1 Å². The van der Waals surface area contributed by atoms with Crippen molar-refractivity contribution < 1.29 is 9.53 Å². The lowest BCUT2D eigenvalue weighted by Gasteiger charge is -2.22. The minimum absolute atomic E-state index is 0.300. The number of carbonyl (C=O) groups is 1. The first kappa shape index (κ1) is 14.3. The third-order valence-corrected chi connectivity index (χ3v) is 4.61. The quantitative estimate of drug-likeness (QED) is 0.913. The molecule has 1 fully saturated rings. The third kappa shape index (κ3) is 4.49. The summed E-state index contributed by atoms with van der Waals surface area (Å²) in [6.45, 7) is 4.54. The van der Waals surface area contributed by atoms with Gasteiger partial charge in [-0.15, -0.1) is 11.3 Å². The summed E-state index contributed by atoms with van der Waals surface area (Å²) < 4.78 is 5.24. The van der Waals surface area contributed by atoms with Gasteiger partial charge in [0.2, 0.25) is 0 Å². The maximum atomic E-state index is 11.7. The zero-order valence-corrected chi connectivity index (χ0v) is 12.5. The van der Waals surface area contributed by atoms with Gasteiger partial charge >= 0.3 is 6.09 Å². The van der Waals surface area contributed by atoms with E-state index >= 15 is 0 Å². The number of hydrogen-bond acceptors (Lipinski definition) is 4. The van der Waals surface area contributed by atoms with Crippen LogP contribution in [-0.2, 0) is 11.3 Å². The van der Waals surface area contributed by atoms with Crippen LogP contribution < -0.4 is 5.32 Å². The molecule has 1 N–H and O–H groups in total. The van der Waals surface area contributed by atoms with Crippen LogP contribution in [0.2, 0.25) is 0 Å². The van der Waals surface area contributed by atoms with Crippen LogP contribution in [0, 0.1) is 0 Å². The minimum atomic E-state index is -0.300. The Morgan fingerprint density at radius 3 is 2.84 bits per heavy atom. The molecule has 0 radical (unpaired) electrons. The highest BCUT2D eigenvalue weighted by molar-refractivity contribution is 7.11. The minimum Gasteiger partial charge on any atom is -0.444 e. The Labute approximate surface area is 118 Å². The van der Waals surface area contributed by atoms with Gasteiger partial charge in [0, 0.05) is 18.2 Å². The predicted molar refractivity (Wildman–Crippen MR) is 76.4 cm³/mol. The van der Waals surface area contributed by atoms with Crippen LogP contribution in [0.3, 0.4) is 0 Å². The Kier molecular flexibility index (Phi) is 5.19. The Morgan fingerprint density at radius 2 is 2.21 bits per heavy atom. The third-order valence-electron chi connectivity index (χ3n) is 3.34. The molecule has 4 nitrogen and oxygen atoms in total. The van der Waals surface area contributed by atoms with Crippen LogP contribution in [0.4, 0.5) is 4.79 Å². The lowest BCUT2D eigenvalue weighted by Crippen LogP contribution is -2.36. The molecule has 1 aliphatic carbocycles. The van der Waals surface area contributed by atoms with Gasteiger partial charge in [-0.2, -0.15) is 0 Å². The first-order valence-electron chi connectivity index (χ1n) is 7.03. The number of thiazole rings is 1. The van der Waals surface area contributed by atoms with E-state index in [1.807, 2.05) is 0 Å². The zero-order chi connectivity index (χ0) is 13.7. The summed E-state index contributed by atoms with van der Waals surface area (Å²) >= 11 is 1.61. The molecule has 1 aliphatic rings. The van der Waals surface area contributed by atoms with Crippen molar-refractivity contribution in [2.45, 2.75) is 64.5 Å². The Balaban J connectivity index is 1.73. The van der Waals surface area contributed by atoms with Crippen molar-refractivity contribution in [3.05, 3.63) is 16.1 Å². The molecule has 1 heterocycles. The van der Waals surface area contributed by atoms with Crippen molar-refractivity contribution in [3.8, 4) is 0 Å². The van der Waals surface area contributed by atoms with Gasteiger partial charge in [0.15, 0.2) is 0 Å². The fraction of sp³-hybridized carbons (Fsp3) is 0.714. The smallest absolute Gasteiger partial charge is 0.407 e. The van der Waals surface area contributed by atoms with Gasteiger partial charge in [-0.05, 0) is 12.8 Å². The van der Waals surface area contributed by atoms with Crippen molar-refractivity contribution in [1.29, 1.82) is 0 Å². The molecule has 1 amide bonds. The first-order chi connectivity index (χ1) is 9.15. The molecular formula is C14H22N2O2S. The van der Waals surface area contributed by atoms with Crippen LogP contribution in [0.15, 0.2) is 6.20 Å². The summed E-state index contributed by atoms with van der Waals surface area (Å²) in [5.41, 5.74) is 0. The second-order valence-electron chi connectivity index (χ2n) is 5.37. The van der Waals surface area contributed by atoms with Crippen LogP contribution >= 0.6 is 11.3 Å². The van der Waals surface area contributed by atoms with Crippen LogP contribution in [-0.4, -0.2) is 17.1 Å². The molecular weight excluding hydrogens is 260 g/mol. The van der Waals surface area contributed by atoms with E-state index in [0.717, 1.165) is 22.7 Å². The normalized spacial score (nSPS) is 16.6. The molecule has 0 unspecified atom stereocenters. The van der Waals surface area contributed by atoms with Crippen molar-refractivity contribution in [2.24, 2.45) is 0 Å². The molecule has 0 aromatic carbocycles. The zero-order valence-electron chi connectivity index (χ0n) is 11.6. The number of rotatable bonds is 4. The molecule has 106 valence electrons. The number of nitrogens with one attached hydrogen (secondary N) is 1. The van der Waals surface area contributed by atoms with Gasteiger partial charge in [-0.1, -0.05) is 33.1 Å². The van der Waals surface area contributed by atoms with Crippen LogP contribution in [0.5, 0.6) is 0 Å². The second kappa shape index (κ2) is 6.89. The maximum Gasteiger partial charge on any atom is 0.407 e. The Bertz CT molecular complexity index is 411. The maximum absolute atomic E-state index is 11.7. The van der Waals surface area contributed by atoms with Gasteiger partial charge in [0.05, 0.1) is 9.88 Å². The monoisotopic (exact) mass is 282 g/mol. The highest BCUT2D eigenvalue weighted by Gasteiger charge is 2.16. The Morgan fingerprint density at radius 1 is 1.47 bits per heavy atom. The molecule has 0 atom stereocenters. The van der Waals surface area contributed by atoms with E-state index in [4.69, 9.17) is 4.74 Å². The molecule has 2 rings (SSSR count). The largest absolute Gasteiger partial charge is 0.444 e.